The second-order valence-electron chi connectivity index (χ2n) is 7.60. The van der Waals surface area contributed by atoms with Gasteiger partial charge in [-0.05, 0) is 48.7 Å². The molecule has 2 aromatic heterocycles. The van der Waals surface area contributed by atoms with Crippen LogP contribution in [0.4, 0.5) is 16.0 Å². The molecule has 1 aliphatic heterocycles. The first-order chi connectivity index (χ1) is 14.6. The Balaban J connectivity index is 1.40. The van der Waals surface area contributed by atoms with Gasteiger partial charge in [-0.1, -0.05) is 18.2 Å². The molecule has 0 atom stereocenters. The predicted octanol–water partition coefficient (Wildman–Crippen LogP) is 4.82. The van der Waals surface area contributed by atoms with Crippen molar-refractivity contribution in [2.24, 2.45) is 0 Å². The van der Waals surface area contributed by atoms with Gasteiger partial charge in [0.05, 0.1) is 6.20 Å². The van der Waals surface area contributed by atoms with E-state index in [1.165, 1.54) is 12.1 Å². The van der Waals surface area contributed by atoms with Crippen LogP contribution in [0.25, 0.3) is 11.3 Å². The summed E-state index contributed by atoms with van der Waals surface area (Å²) in [6, 6.07) is 12.8. The predicted molar refractivity (Wildman–Crippen MR) is 112 cm³/mol. The standard InChI is InChI=1S/C23H22FN5O/c1-15-12-17(4-9-20(15)21-14-25-16(2)30-21)13-22-26-23-28(10-3-11-29(23)27-22)19-7-5-18(24)6-8-19/h4-9,12,14H,3,10-11,13H2,1-2H3. The van der Waals surface area contributed by atoms with Gasteiger partial charge >= 0.3 is 0 Å². The highest BCUT2D eigenvalue weighted by Gasteiger charge is 2.22. The molecule has 0 saturated carbocycles. The van der Waals surface area contributed by atoms with Crippen molar-refractivity contribution in [3.05, 3.63) is 77.3 Å². The minimum Gasteiger partial charge on any atom is -0.441 e. The Morgan fingerprint density at radius 3 is 2.63 bits per heavy atom. The molecule has 2 aromatic carbocycles. The molecule has 0 spiro atoms. The monoisotopic (exact) mass is 403 g/mol. The van der Waals surface area contributed by atoms with E-state index in [4.69, 9.17) is 14.5 Å². The van der Waals surface area contributed by atoms with Crippen molar-refractivity contribution in [3.8, 4) is 11.3 Å². The summed E-state index contributed by atoms with van der Waals surface area (Å²) in [5.41, 5.74) is 4.24. The van der Waals surface area contributed by atoms with Crippen LogP contribution >= 0.6 is 0 Å². The van der Waals surface area contributed by atoms with Crippen LogP contribution in [0.5, 0.6) is 0 Å². The van der Waals surface area contributed by atoms with E-state index in [0.29, 0.717) is 12.3 Å². The maximum atomic E-state index is 13.3. The summed E-state index contributed by atoms with van der Waals surface area (Å²) < 4.78 is 20.9. The van der Waals surface area contributed by atoms with Crippen molar-refractivity contribution < 1.29 is 8.81 Å². The Morgan fingerprint density at radius 2 is 1.90 bits per heavy atom. The zero-order valence-electron chi connectivity index (χ0n) is 17.0. The van der Waals surface area contributed by atoms with Gasteiger partial charge in [0.15, 0.2) is 17.5 Å². The Hall–Kier alpha value is -3.48. The number of hydrogen-bond acceptors (Lipinski definition) is 5. The molecule has 0 radical (unpaired) electrons. The van der Waals surface area contributed by atoms with Gasteiger partial charge in [0, 0.05) is 37.7 Å². The molecule has 6 nitrogen and oxygen atoms in total. The molecule has 30 heavy (non-hydrogen) atoms. The van der Waals surface area contributed by atoms with Crippen LogP contribution in [-0.2, 0) is 13.0 Å². The lowest BCUT2D eigenvalue weighted by atomic mass is 10.0. The summed E-state index contributed by atoms with van der Waals surface area (Å²) in [6.07, 6.45) is 3.37. The van der Waals surface area contributed by atoms with E-state index < -0.39 is 0 Å². The summed E-state index contributed by atoms with van der Waals surface area (Å²) in [7, 11) is 0. The maximum absolute atomic E-state index is 13.3. The minimum atomic E-state index is -0.239. The number of anilines is 2. The normalized spacial score (nSPS) is 13.5. The first kappa shape index (κ1) is 18.5. The molecule has 5 rings (SSSR count). The van der Waals surface area contributed by atoms with Crippen LogP contribution in [0.3, 0.4) is 0 Å². The lowest BCUT2D eigenvalue weighted by Crippen LogP contribution is -2.28. The molecule has 0 amide bonds. The molecule has 1 aliphatic rings. The molecular formula is C23H22FN5O. The van der Waals surface area contributed by atoms with Crippen molar-refractivity contribution >= 4 is 11.6 Å². The Kier molecular flexibility index (Phi) is 4.58. The number of hydrogen-bond donors (Lipinski definition) is 0. The van der Waals surface area contributed by atoms with Crippen LogP contribution in [0.1, 0.15) is 29.3 Å². The number of aromatic nitrogens is 4. The van der Waals surface area contributed by atoms with E-state index in [-0.39, 0.29) is 5.82 Å². The Bertz CT molecular complexity index is 1190. The zero-order chi connectivity index (χ0) is 20.7. The third-order valence-electron chi connectivity index (χ3n) is 5.37. The fourth-order valence-corrected chi connectivity index (χ4v) is 3.93. The van der Waals surface area contributed by atoms with Gasteiger partial charge in [0.1, 0.15) is 5.82 Å². The SMILES string of the molecule is Cc1ncc(-c2ccc(Cc3nc4n(n3)CCCN4c3ccc(F)cc3)cc2C)o1. The summed E-state index contributed by atoms with van der Waals surface area (Å²) >= 11 is 0. The van der Waals surface area contributed by atoms with E-state index in [1.54, 1.807) is 18.3 Å². The topological polar surface area (TPSA) is 60.0 Å². The number of halogens is 1. The van der Waals surface area contributed by atoms with Crippen molar-refractivity contribution in [1.29, 1.82) is 0 Å². The smallest absolute Gasteiger partial charge is 0.228 e. The summed E-state index contributed by atoms with van der Waals surface area (Å²) in [5, 5.41) is 4.71. The highest BCUT2D eigenvalue weighted by Crippen LogP contribution is 2.29. The van der Waals surface area contributed by atoms with Crippen molar-refractivity contribution in [1.82, 2.24) is 19.7 Å². The number of rotatable bonds is 4. The van der Waals surface area contributed by atoms with Gasteiger partial charge in [-0.15, -0.1) is 0 Å². The molecule has 152 valence electrons. The van der Waals surface area contributed by atoms with Crippen LogP contribution in [-0.4, -0.2) is 26.3 Å². The molecule has 7 heteroatoms. The average molecular weight is 403 g/mol. The third kappa shape index (κ3) is 3.47. The molecule has 0 unspecified atom stereocenters. The summed E-state index contributed by atoms with van der Waals surface area (Å²) in [6.45, 7) is 5.59. The third-order valence-corrected chi connectivity index (χ3v) is 5.37. The molecule has 0 aliphatic carbocycles. The van der Waals surface area contributed by atoms with Gasteiger partial charge in [0.2, 0.25) is 5.95 Å². The highest BCUT2D eigenvalue weighted by atomic mass is 19.1. The number of nitrogens with zero attached hydrogens (tertiary/aromatic N) is 5. The van der Waals surface area contributed by atoms with Gasteiger partial charge in [-0.25, -0.2) is 14.1 Å². The lowest BCUT2D eigenvalue weighted by Gasteiger charge is -2.27. The van der Waals surface area contributed by atoms with Crippen LogP contribution < -0.4 is 4.90 Å². The van der Waals surface area contributed by atoms with Crippen molar-refractivity contribution in [2.45, 2.75) is 33.2 Å². The van der Waals surface area contributed by atoms with Crippen LogP contribution in [0, 0.1) is 19.7 Å². The van der Waals surface area contributed by atoms with Gasteiger partial charge in [0.25, 0.3) is 0 Å². The van der Waals surface area contributed by atoms with Crippen LogP contribution in [0.15, 0.2) is 53.1 Å². The quantitative estimate of drug-likeness (QED) is 0.489. The molecule has 4 aromatic rings. The van der Waals surface area contributed by atoms with Crippen molar-refractivity contribution in [3.63, 3.8) is 0 Å². The van der Waals surface area contributed by atoms with E-state index in [2.05, 4.69) is 35.0 Å². The van der Waals surface area contributed by atoms with E-state index >= 15 is 0 Å². The number of oxazole rings is 1. The first-order valence-electron chi connectivity index (χ1n) is 10.1. The average Bonchev–Trinajstić information content (AvgIpc) is 3.34. The van der Waals surface area contributed by atoms with Gasteiger partial charge in [-0.3, -0.25) is 0 Å². The van der Waals surface area contributed by atoms with Crippen LogP contribution in [0.2, 0.25) is 0 Å². The number of benzene rings is 2. The second kappa shape index (κ2) is 7.40. The number of fused-ring (bicyclic) bond motifs is 1. The Morgan fingerprint density at radius 1 is 1.07 bits per heavy atom. The molecule has 0 N–H and O–H groups in total. The number of aryl methyl sites for hydroxylation is 3. The molecular weight excluding hydrogens is 381 g/mol. The van der Waals surface area contributed by atoms with E-state index in [0.717, 1.165) is 59.4 Å². The molecule has 0 saturated heterocycles. The van der Waals surface area contributed by atoms with E-state index in [1.807, 2.05) is 11.6 Å². The highest BCUT2D eigenvalue weighted by molar-refractivity contribution is 5.62. The molecule has 3 heterocycles. The molecule has 0 bridgehead atoms. The fraction of sp³-hybridized carbons (Fsp3) is 0.261. The van der Waals surface area contributed by atoms with Crippen molar-refractivity contribution in [2.75, 3.05) is 11.4 Å². The first-order valence-corrected chi connectivity index (χ1v) is 10.1. The second-order valence-corrected chi connectivity index (χ2v) is 7.60. The molecule has 0 fully saturated rings. The van der Waals surface area contributed by atoms with E-state index in [9.17, 15) is 4.39 Å². The Labute approximate surface area is 174 Å². The fourth-order valence-electron chi connectivity index (χ4n) is 3.93. The van der Waals surface area contributed by atoms with Gasteiger partial charge < -0.3 is 9.32 Å². The lowest BCUT2D eigenvalue weighted by molar-refractivity contribution is 0.534. The summed E-state index contributed by atoms with van der Waals surface area (Å²) in [4.78, 5) is 11.1. The summed E-state index contributed by atoms with van der Waals surface area (Å²) in [5.74, 6) is 2.79. The minimum absolute atomic E-state index is 0.239. The van der Waals surface area contributed by atoms with Gasteiger partial charge in [-0.2, -0.15) is 10.1 Å². The zero-order valence-corrected chi connectivity index (χ0v) is 17.0. The maximum Gasteiger partial charge on any atom is 0.228 e. The largest absolute Gasteiger partial charge is 0.441 e.